The van der Waals surface area contributed by atoms with E-state index in [1.165, 1.54) is 38.5 Å². The number of hydrogen-bond acceptors (Lipinski definition) is 2. The first-order chi connectivity index (χ1) is 7.86. The molecule has 0 spiro atoms. The van der Waals surface area contributed by atoms with E-state index in [2.05, 4.69) is 0 Å². The molecule has 1 atom stereocenters. The maximum absolute atomic E-state index is 10.3. The van der Waals surface area contributed by atoms with E-state index in [4.69, 9.17) is 4.74 Å². The molecule has 2 heteroatoms. The molecule has 0 amide bonds. The second kappa shape index (κ2) is 6.61. The summed E-state index contributed by atoms with van der Waals surface area (Å²) in [5.74, 6) is 1.30. The first-order valence-corrected chi connectivity index (χ1v) is 7.12. The van der Waals surface area contributed by atoms with E-state index in [9.17, 15) is 5.11 Å². The lowest BCUT2D eigenvalue weighted by molar-refractivity contribution is 0.0247. The SMILES string of the molecule is OC(CC1CCOCC1)C1CCCCCC1. The van der Waals surface area contributed by atoms with E-state index >= 15 is 0 Å². The lowest BCUT2D eigenvalue weighted by Gasteiger charge is -2.28. The Hall–Kier alpha value is -0.0800. The van der Waals surface area contributed by atoms with Gasteiger partial charge in [0.15, 0.2) is 0 Å². The molecule has 0 aromatic carbocycles. The number of ether oxygens (including phenoxy) is 1. The third-order valence-corrected chi connectivity index (χ3v) is 4.36. The van der Waals surface area contributed by atoms with Gasteiger partial charge in [-0.3, -0.25) is 0 Å². The summed E-state index contributed by atoms with van der Waals surface area (Å²) in [6.07, 6.45) is 11.2. The lowest BCUT2D eigenvalue weighted by atomic mass is 9.85. The average molecular weight is 226 g/mol. The molecule has 1 unspecified atom stereocenters. The van der Waals surface area contributed by atoms with E-state index in [0.29, 0.717) is 11.8 Å². The highest BCUT2D eigenvalue weighted by atomic mass is 16.5. The van der Waals surface area contributed by atoms with Crippen molar-refractivity contribution < 1.29 is 9.84 Å². The molecule has 1 saturated carbocycles. The van der Waals surface area contributed by atoms with Gasteiger partial charge < -0.3 is 9.84 Å². The topological polar surface area (TPSA) is 29.5 Å². The number of hydrogen-bond donors (Lipinski definition) is 1. The Morgan fingerprint density at radius 1 is 0.938 bits per heavy atom. The summed E-state index contributed by atoms with van der Waals surface area (Å²) in [4.78, 5) is 0. The van der Waals surface area contributed by atoms with Gasteiger partial charge in [-0.2, -0.15) is 0 Å². The summed E-state index contributed by atoms with van der Waals surface area (Å²) in [5, 5.41) is 10.3. The fourth-order valence-electron chi connectivity index (χ4n) is 3.21. The van der Waals surface area contributed by atoms with Gasteiger partial charge in [-0.05, 0) is 43.9 Å². The summed E-state index contributed by atoms with van der Waals surface area (Å²) in [5.41, 5.74) is 0. The summed E-state index contributed by atoms with van der Waals surface area (Å²) >= 11 is 0. The smallest absolute Gasteiger partial charge is 0.0571 e. The zero-order valence-corrected chi connectivity index (χ0v) is 10.4. The normalized spacial score (nSPS) is 27.6. The van der Waals surface area contributed by atoms with Crippen molar-refractivity contribution >= 4 is 0 Å². The summed E-state index contributed by atoms with van der Waals surface area (Å²) in [6, 6.07) is 0. The van der Waals surface area contributed by atoms with Crippen LogP contribution in [0, 0.1) is 11.8 Å². The monoisotopic (exact) mass is 226 g/mol. The minimum absolute atomic E-state index is 0.0406. The third-order valence-electron chi connectivity index (χ3n) is 4.36. The quantitative estimate of drug-likeness (QED) is 0.749. The molecule has 94 valence electrons. The molecule has 1 N–H and O–H groups in total. The Balaban J connectivity index is 1.74. The van der Waals surface area contributed by atoms with Crippen molar-refractivity contribution in [2.24, 2.45) is 11.8 Å². The zero-order chi connectivity index (χ0) is 11.2. The van der Waals surface area contributed by atoms with Crippen molar-refractivity contribution in [3.8, 4) is 0 Å². The molecule has 0 bridgehead atoms. The van der Waals surface area contributed by atoms with Gasteiger partial charge in [-0.25, -0.2) is 0 Å². The van der Waals surface area contributed by atoms with E-state index in [1.807, 2.05) is 0 Å². The van der Waals surface area contributed by atoms with Crippen LogP contribution in [0.2, 0.25) is 0 Å². The lowest BCUT2D eigenvalue weighted by Crippen LogP contribution is -2.26. The highest BCUT2D eigenvalue weighted by Crippen LogP contribution is 2.30. The van der Waals surface area contributed by atoms with Crippen LogP contribution in [0.4, 0.5) is 0 Å². The molecule has 16 heavy (non-hydrogen) atoms. The minimum atomic E-state index is -0.0406. The molecule has 1 aliphatic carbocycles. The van der Waals surface area contributed by atoms with E-state index in [1.54, 1.807) is 0 Å². The summed E-state index contributed by atoms with van der Waals surface area (Å²) in [7, 11) is 0. The van der Waals surface area contributed by atoms with Crippen molar-refractivity contribution in [3.63, 3.8) is 0 Å². The highest BCUT2D eigenvalue weighted by Gasteiger charge is 2.24. The van der Waals surface area contributed by atoms with Gasteiger partial charge in [0.25, 0.3) is 0 Å². The fourth-order valence-corrected chi connectivity index (χ4v) is 3.21. The van der Waals surface area contributed by atoms with Crippen LogP contribution < -0.4 is 0 Å². The van der Waals surface area contributed by atoms with Crippen molar-refractivity contribution in [3.05, 3.63) is 0 Å². The van der Waals surface area contributed by atoms with Crippen LogP contribution in [0.25, 0.3) is 0 Å². The van der Waals surface area contributed by atoms with Gasteiger partial charge >= 0.3 is 0 Å². The second-order valence-corrected chi connectivity index (χ2v) is 5.61. The number of aliphatic hydroxyl groups is 1. The molecule has 1 aliphatic heterocycles. The third kappa shape index (κ3) is 3.74. The molecule has 1 saturated heterocycles. The maximum Gasteiger partial charge on any atom is 0.0571 e. The van der Waals surface area contributed by atoms with Crippen LogP contribution in [0.15, 0.2) is 0 Å². The summed E-state index contributed by atoms with van der Waals surface area (Å²) < 4.78 is 5.37. The van der Waals surface area contributed by atoms with E-state index < -0.39 is 0 Å². The highest BCUT2D eigenvalue weighted by molar-refractivity contribution is 4.76. The van der Waals surface area contributed by atoms with Crippen molar-refractivity contribution in [2.75, 3.05) is 13.2 Å². The van der Waals surface area contributed by atoms with Crippen molar-refractivity contribution in [1.29, 1.82) is 0 Å². The Morgan fingerprint density at radius 2 is 1.56 bits per heavy atom. The van der Waals surface area contributed by atoms with Gasteiger partial charge in [0.1, 0.15) is 0 Å². The average Bonchev–Trinajstić information content (AvgIpc) is 2.59. The van der Waals surface area contributed by atoms with Gasteiger partial charge in [0.05, 0.1) is 6.10 Å². The fraction of sp³-hybridized carbons (Fsp3) is 1.00. The van der Waals surface area contributed by atoms with Crippen LogP contribution in [-0.4, -0.2) is 24.4 Å². The molecule has 2 nitrogen and oxygen atoms in total. The Kier molecular flexibility index (Phi) is 5.11. The zero-order valence-electron chi connectivity index (χ0n) is 10.4. The number of aliphatic hydroxyl groups excluding tert-OH is 1. The second-order valence-electron chi connectivity index (χ2n) is 5.61. The first kappa shape index (κ1) is 12.4. The van der Waals surface area contributed by atoms with Crippen molar-refractivity contribution in [1.82, 2.24) is 0 Å². The standard InChI is InChI=1S/C14H26O2/c15-14(11-12-7-9-16-10-8-12)13-5-3-1-2-4-6-13/h12-15H,1-11H2. The predicted molar refractivity (Wildman–Crippen MR) is 65.4 cm³/mol. The summed E-state index contributed by atoms with van der Waals surface area (Å²) in [6.45, 7) is 1.81. The molecular weight excluding hydrogens is 200 g/mol. The van der Waals surface area contributed by atoms with Gasteiger partial charge in [0.2, 0.25) is 0 Å². The maximum atomic E-state index is 10.3. The van der Waals surface area contributed by atoms with Crippen molar-refractivity contribution in [2.45, 2.75) is 63.9 Å². The molecule has 0 aromatic rings. The predicted octanol–water partition coefficient (Wildman–Crippen LogP) is 3.13. The molecule has 0 aromatic heterocycles. The van der Waals surface area contributed by atoms with Crippen LogP contribution in [-0.2, 0) is 4.74 Å². The van der Waals surface area contributed by atoms with Crippen LogP contribution in [0.3, 0.4) is 0 Å². The Labute approximate surface area is 99.4 Å². The van der Waals surface area contributed by atoms with Gasteiger partial charge in [0, 0.05) is 13.2 Å². The Bertz CT molecular complexity index is 179. The van der Waals surface area contributed by atoms with E-state index in [0.717, 1.165) is 32.5 Å². The minimum Gasteiger partial charge on any atom is -0.393 e. The first-order valence-electron chi connectivity index (χ1n) is 7.12. The van der Waals surface area contributed by atoms with Crippen LogP contribution in [0.5, 0.6) is 0 Å². The van der Waals surface area contributed by atoms with Gasteiger partial charge in [-0.15, -0.1) is 0 Å². The number of rotatable bonds is 3. The molecular formula is C14H26O2. The molecule has 2 fully saturated rings. The van der Waals surface area contributed by atoms with Gasteiger partial charge in [-0.1, -0.05) is 25.7 Å². The van der Waals surface area contributed by atoms with Crippen LogP contribution in [0.1, 0.15) is 57.8 Å². The molecule has 2 rings (SSSR count). The molecule has 1 heterocycles. The molecule has 0 radical (unpaired) electrons. The van der Waals surface area contributed by atoms with E-state index in [-0.39, 0.29) is 6.10 Å². The molecule has 2 aliphatic rings. The largest absolute Gasteiger partial charge is 0.393 e. The van der Waals surface area contributed by atoms with Crippen LogP contribution >= 0.6 is 0 Å². The Morgan fingerprint density at radius 3 is 2.19 bits per heavy atom.